The van der Waals surface area contributed by atoms with Crippen LogP contribution in [0.2, 0.25) is 0 Å². The van der Waals surface area contributed by atoms with Crippen molar-refractivity contribution in [2.24, 2.45) is 11.8 Å². The molecule has 1 aromatic rings. The van der Waals surface area contributed by atoms with Gasteiger partial charge in [0.1, 0.15) is 0 Å². The number of carbonyl (C=O) groups is 2. The SMILES string of the molecule is C[C@H]1[C@@H](NC(=O)COC(=O)c2cc(C(C)(C)C)cc(C(C)(C)C)c2)CCC[C@@H]1C. The van der Waals surface area contributed by atoms with E-state index in [4.69, 9.17) is 4.74 Å². The van der Waals surface area contributed by atoms with Crippen molar-refractivity contribution >= 4 is 11.9 Å². The maximum atomic E-state index is 12.7. The minimum atomic E-state index is -0.443. The first-order valence-corrected chi connectivity index (χ1v) is 10.9. The van der Waals surface area contributed by atoms with Gasteiger partial charge in [0, 0.05) is 6.04 Å². The van der Waals surface area contributed by atoms with Gasteiger partial charge in [0.05, 0.1) is 5.56 Å². The first kappa shape index (κ1) is 23.4. The molecule has 0 aromatic heterocycles. The highest BCUT2D eigenvalue weighted by molar-refractivity contribution is 5.92. The molecule has 0 unspecified atom stereocenters. The lowest BCUT2D eigenvalue weighted by Gasteiger charge is -2.34. The monoisotopic (exact) mass is 401 g/mol. The number of benzene rings is 1. The zero-order valence-corrected chi connectivity index (χ0v) is 19.5. The van der Waals surface area contributed by atoms with Crippen LogP contribution in [0.15, 0.2) is 18.2 Å². The Hall–Kier alpha value is -1.84. The van der Waals surface area contributed by atoms with Crippen molar-refractivity contribution in [1.82, 2.24) is 5.32 Å². The summed E-state index contributed by atoms with van der Waals surface area (Å²) < 4.78 is 5.38. The van der Waals surface area contributed by atoms with Gasteiger partial charge >= 0.3 is 5.97 Å². The van der Waals surface area contributed by atoms with E-state index in [0.717, 1.165) is 24.0 Å². The predicted molar refractivity (Wildman–Crippen MR) is 118 cm³/mol. The Morgan fingerprint density at radius 2 is 1.52 bits per heavy atom. The Labute approximate surface area is 176 Å². The quantitative estimate of drug-likeness (QED) is 0.689. The van der Waals surface area contributed by atoms with Gasteiger partial charge in [0.25, 0.3) is 5.91 Å². The Morgan fingerprint density at radius 1 is 0.966 bits per heavy atom. The summed E-state index contributed by atoms with van der Waals surface area (Å²) in [6.45, 7) is 17.0. The summed E-state index contributed by atoms with van der Waals surface area (Å²) in [6, 6.07) is 6.11. The molecular formula is C25H39NO3. The van der Waals surface area contributed by atoms with Crippen molar-refractivity contribution in [1.29, 1.82) is 0 Å². The number of hydrogen-bond acceptors (Lipinski definition) is 3. The van der Waals surface area contributed by atoms with Gasteiger partial charge in [0.2, 0.25) is 0 Å². The van der Waals surface area contributed by atoms with Crippen LogP contribution in [0.4, 0.5) is 0 Å². The highest BCUT2D eigenvalue weighted by atomic mass is 16.5. The van der Waals surface area contributed by atoms with Crippen LogP contribution in [0, 0.1) is 11.8 Å². The van der Waals surface area contributed by atoms with Crippen LogP contribution >= 0.6 is 0 Å². The van der Waals surface area contributed by atoms with Crippen molar-refractivity contribution in [2.45, 2.75) is 91.5 Å². The second kappa shape index (κ2) is 8.89. The number of esters is 1. The number of amides is 1. The smallest absolute Gasteiger partial charge is 0.338 e. The van der Waals surface area contributed by atoms with E-state index in [0.29, 0.717) is 17.4 Å². The third-order valence-corrected chi connectivity index (χ3v) is 6.29. The number of rotatable bonds is 4. The second-order valence-corrected chi connectivity index (χ2v) is 10.8. The summed E-state index contributed by atoms with van der Waals surface area (Å²) in [5.41, 5.74) is 2.52. The summed E-state index contributed by atoms with van der Waals surface area (Å²) in [5.74, 6) is 0.392. The molecule has 2 rings (SSSR count). The van der Waals surface area contributed by atoms with Gasteiger partial charge in [-0.2, -0.15) is 0 Å². The molecule has 1 aliphatic carbocycles. The van der Waals surface area contributed by atoms with E-state index >= 15 is 0 Å². The molecule has 0 aliphatic heterocycles. The van der Waals surface area contributed by atoms with Gasteiger partial charge in [-0.3, -0.25) is 4.79 Å². The summed E-state index contributed by atoms with van der Waals surface area (Å²) in [4.78, 5) is 25.1. The van der Waals surface area contributed by atoms with Crippen molar-refractivity contribution in [3.05, 3.63) is 34.9 Å². The Kier molecular flexibility index (Phi) is 7.19. The highest BCUT2D eigenvalue weighted by Crippen LogP contribution is 2.31. The molecule has 0 heterocycles. The molecule has 4 nitrogen and oxygen atoms in total. The predicted octanol–water partition coefficient (Wildman–Crippen LogP) is 5.38. The van der Waals surface area contributed by atoms with Crippen molar-refractivity contribution < 1.29 is 14.3 Å². The molecule has 1 aromatic carbocycles. The average Bonchev–Trinajstić information content (AvgIpc) is 2.61. The average molecular weight is 402 g/mol. The van der Waals surface area contributed by atoms with Gasteiger partial charge in [-0.1, -0.05) is 74.3 Å². The minimum absolute atomic E-state index is 0.0819. The molecule has 0 spiro atoms. The standard InChI is InChI=1S/C25H39NO3/c1-16-10-9-11-21(17(16)2)26-22(27)15-29-23(28)18-12-19(24(3,4)5)14-20(13-18)25(6,7)8/h12-14,16-17,21H,9-11,15H2,1-8H3,(H,26,27)/t16-,17+,21-/m0/s1. The van der Waals surface area contributed by atoms with Crippen LogP contribution in [-0.2, 0) is 20.4 Å². The summed E-state index contributed by atoms with van der Waals surface area (Å²) in [5, 5.41) is 3.06. The van der Waals surface area contributed by atoms with Crippen LogP contribution in [0.3, 0.4) is 0 Å². The summed E-state index contributed by atoms with van der Waals surface area (Å²) in [6.07, 6.45) is 3.34. The number of ether oxygens (including phenoxy) is 1. The summed E-state index contributed by atoms with van der Waals surface area (Å²) >= 11 is 0. The normalized spacial score (nSPS) is 22.8. The molecule has 29 heavy (non-hydrogen) atoms. The molecule has 162 valence electrons. The van der Waals surface area contributed by atoms with Crippen LogP contribution in [-0.4, -0.2) is 24.5 Å². The molecule has 0 radical (unpaired) electrons. The molecule has 1 fully saturated rings. The Bertz CT molecular complexity index is 707. The summed E-state index contributed by atoms with van der Waals surface area (Å²) in [7, 11) is 0. The maximum Gasteiger partial charge on any atom is 0.338 e. The lowest BCUT2D eigenvalue weighted by atomic mass is 9.78. The molecule has 1 amide bonds. The largest absolute Gasteiger partial charge is 0.452 e. The van der Waals surface area contributed by atoms with E-state index in [2.05, 4.69) is 66.8 Å². The fourth-order valence-corrected chi connectivity index (χ4v) is 3.86. The van der Waals surface area contributed by atoms with Crippen molar-refractivity contribution in [3.8, 4) is 0 Å². The van der Waals surface area contributed by atoms with Crippen LogP contribution in [0.5, 0.6) is 0 Å². The fraction of sp³-hybridized carbons (Fsp3) is 0.680. The lowest BCUT2D eigenvalue weighted by molar-refractivity contribution is -0.125. The van der Waals surface area contributed by atoms with Crippen LogP contribution in [0.1, 0.15) is 96.1 Å². The molecule has 1 saturated carbocycles. The second-order valence-electron chi connectivity index (χ2n) is 10.8. The maximum absolute atomic E-state index is 12.7. The molecule has 1 aliphatic rings. The molecule has 3 atom stereocenters. The number of nitrogens with one attached hydrogen (secondary N) is 1. The van der Waals surface area contributed by atoms with Gasteiger partial charge in [-0.25, -0.2) is 4.79 Å². The molecule has 4 heteroatoms. The van der Waals surface area contributed by atoms with E-state index in [1.165, 1.54) is 6.42 Å². The molecule has 0 saturated heterocycles. The Balaban J connectivity index is 2.07. The zero-order valence-electron chi connectivity index (χ0n) is 19.5. The van der Waals surface area contributed by atoms with Gasteiger partial charge in [-0.15, -0.1) is 0 Å². The van der Waals surface area contributed by atoms with Gasteiger partial charge in [0.15, 0.2) is 6.61 Å². The van der Waals surface area contributed by atoms with Gasteiger partial charge < -0.3 is 10.1 Å². The zero-order chi connectivity index (χ0) is 22.0. The van der Waals surface area contributed by atoms with E-state index in [1.54, 1.807) is 0 Å². The Morgan fingerprint density at radius 3 is 2.03 bits per heavy atom. The third-order valence-electron chi connectivity index (χ3n) is 6.29. The van der Waals surface area contributed by atoms with Crippen molar-refractivity contribution in [2.75, 3.05) is 6.61 Å². The number of hydrogen-bond donors (Lipinski definition) is 1. The van der Waals surface area contributed by atoms with Crippen molar-refractivity contribution in [3.63, 3.8) is 0 Å². The van der Waals surface area contributed by atoms with Crippen LogP contribution < -0.4 is 5.32 Å². The molecular weight excluding hydrogens is 362 g/mol. The first-order valence-electron chi connectivity index (χ1n) is 10.9. The highest BCUT2D eigenvalue weighted by Gasteiger charge is 2.28. The fourth-order valence-electron chi connectivity index (χ4n) is 3.86. The van der Waals surface area contributed by atoms with E-state index in [1.807, 2.05) is 12.1 Å². The molecule has 0 bridgehead atoms. The topological polar surface area (TPSA) is 55.4 Å². The lowest BCUT2D eigenvalue weighted by Crippen LogP contribution is -2.45. The van der Waals surface area contributed by atoms with E-state index < -0.39 is 5.97 Å². The minimum Gasteiger partial charge on any atom is -0.452 e. The van der Waals surface area contributed by atoms with E-state index in [-0.39, 0.29) is 29.4 Å². The van der Waals surface area contributed by atoms with Crippen LogP contribution in [0.25, 0.3) is 0 Å². The van der Waals surface area contributed by atoms with Gasteiger partial charge in [-0.05, 0) is 52.3 Å². The first-order chi connectivity index (χ1) is 13.3. The van der Waals surface area contributed by atoms with E-state index in [9.17, 15) is 9.59 Å². The third kappa shape index (κ3) is 6.32. The number of carbonyl (C=O) groups excluding carboxylic acids is 2. The molecule has 1 N–H and O–H groups in total.